The highest BCUT2D eigenvalue weighted by molar-refractivity contribution is 9.10. The summed E-state index contributed by atoms with van der Waals surface area (Å²) in [4.78, 5) is 14.3. The molecule has 1 heterocycles. The summed E-state index contributed by atoms with van der Waals surface area (Å²) in [6, 6.07) is 4.14. The molecule has 2 atom stereocenters. The molecule has 19 heavy (non-hydrogen) atoms. The van der Waals surface area contributed by atoms with Gasteiger partial charge in [-0.05, 0) is 60.3 Å². The first kappa shape index (κ1) is 14.5. The van der Waals surface area contributed by atoms with Crippen molar-refractivity contribution in [3.63, 3.8) is 0 Å². The predicted octanol–water partition coefficient (Wildman–Crippen LogP) is 2.93. The molecule has 1 aliphatic heterocycles. The van der Waals surface area contributed by atoms with Gasteiger partial charge < -0.3 is 10.6 Å². The number of carbonyl (C=O) groups excluding carboxylic acids is 1. The van der Waals surface area contributed by atoms with Crippen LogP contribution in [0.4, 0.5) is 4.39 Å². The van der Waals surface area contributed by atoms with Crippen LogP contribution in [0, 0.1) is 5.82 Å². The molecule has 1 amide bonds. The fourth-order valence-electron chi connectivity index (χ4n) is 2.57. The second-order valence-electron chi connectivity index (χ2n) is 5.04. The van der Waals surface area contributed by atoms with Gasteiger partial charge in [-0.2, -0.15) is 0 Å². The molecule has 0 radical (unpaired) electrons. The highest BCUT2D eigenvalue weighted by Crippen LogP contribution is 2.25. The monoisotopic (exact) mass is 328 g/mol. The van der Waals surface area contributed by atoms with Crippen LogP contribution in [0.5, 0.6) is 0 Å². The van der Waals surface area contributed by atoms with Crippen molar-refractivity contribution in [2.24, 2.45) is 5.73 Å². The van der Waals surface area contributed by atoms with Crippen molar-refractivity contribution in [1.29, 1.82) is 0 Å². The molecular formula is C14H18BrFN2O. The smallest absolute Gasteiger partial charge is 0.255 e. The van der Waals surface area contributed by atoms with Gasteiger partial charge in [0.25, 0.3) is 5.91 Å². The van der Waals surface area contributed by atoms with Crippen LogP contribution in [0.2, 0.25) is 0 Å². The molecule has 1 aromatic rings. The first-order valence-electron chi connectivity index (χ1n) is 6.52. The van der Waals surface area contributed by atoms with Gasteiger partial charge in [-0.3, -0.25) is 4.79 Å². The Morgan fingerprint density at radius 1 is 1.53 bits per heavy atom. The van der Waals surface area contributed by atoms with Gasteiger partial charge in [0.05, 0.1) is 5.56 Å². The molecule has 1 aromatic carbocycles. The molecule has 2 rings (SSSR count). The summed E-state index contributed by atoms with van der Waals surface area (Å²) in [5.74, 6) is -0.547. The van der Waals surface area contributed by atoms with Crippen LogP contribution < -0.4 is 5.73 Å². The summed E-state index contributed by atoms with van der Waals surface area (Å²) in [6.45, 7) is 2.60. The number of amides is 1. The SMILES string of the molecule is C[C@H](N)[C@@H]1CCCCN1C(=O)c1cc(F)ccc1Br. The van der Waals surface area contributed by atoms with Crippen molar-refractivity contribution in [2.45, 2.75) is 38.3 Å². The minimum atomic E-state index is -0.402. The Bertz CT molecular complexity index is 479. The number of likely N-dealkylation sites (tertiary alicyclic amines) is 1. The molecule has 1 fully saturated rings. The minimum Gasteiger partial charge on any atom is -0.334 e. The number of hydrogen-bond acceptors (Lipinski definition) is 2. The van der Waals surface area contributed by atoms with E-state index in [1.54, 1.807) is 11.0 Å². The molecule has 5 heteroatoms. The number of halogens is 2. The first-order valence-corrected chi connectivity index (χ1v) is 7.31. The fraction of sp³-hybridized carbons (Fsp3) is 0.500. The minimum absolute atomic E-state index is 0.0383. The second kappa shape index (κ2) is 6.01. The molecule has 3 nitrogen and oxygen atoms in total. The average Bonchev–Trinajstić information content (AvgIpc) is 2.40. The molecule has 0 saturated carbocycles. The third kappa shape index (κ3) is 3.15. The third-order valence-corrected chi connectivity index (χ3v) is 4.27. The summed E-state index contributed by atoms with van der Waals surface area (Å²) in [5.41, 5.74) is 6.33. The Balaban J connectivity index is 2.28. The highest BCUT2D eigenvalue weighted by Gasteiger charge is 2.30. The second-order valence-corrected chi connectivity index (χ2v) is 5.90. The fourth-order valence-corrected chi connectivity index (χ4v) is 2.99. The van der Waals surface area contributed by atoms with E-state index in [-0.39, 0.29) is 18.0 Å². The first-order chi connectivity index (χ1) is 9.00. The number of carbonyl (C=O) groups is 1. The maximum atomic E-state index is 13.3. The number of nitrogens with zero attached hydrogens (tertiary/aromatic N) is 1. The summed E-state index contributed by atoms with van der Waals surface area (Å²) >= 11 is 3.31. The normalized spacial score (nSPS) is 21.3. The number of benzene rings is 1. The zero-order valence-corrected chi connectivity index (χ0v) is 12.5. The standard InChI is InChI=1S/C14H18BrFN2O/c1-9(17)13-4-2-3-7-18(13)14(19)11-8-10(16)5-6-12(11)15/h5-6,8-9,13H,2-4,7,17H2,1H3/t9-,13-/m0/s1. The van der Waals surface area contributed by atoms with E-state index in [1.807, 2.05) is 6.92 Å². The quantitative estimate of drug-likeness (QED) is 0.907. The van der Waals surface area contributed by atoms with Crippen LogP contribution in [0.1, 0.15) is 36.5 Å². The van der Waals surface area contributed by atoms with Gasteiger partial charge in [0.1, 0.15) is 5.82 Å². The molecule has 0 aromatic heterocycles. The van der Waals surface area contributed by atoms with E-state index < -0.39 is 5.82 Å². The van der Waals surface area contributed by atoms with E-state index in [2.05, 4.69) is 15.9 Å². The molecule has 0 unspecified atom stereocenters. The number of nitrogens with two attached hydrogens (primary N) is 1. The lowest BCUT2D eigenvalue weighted by Crippen LogP contribution is -2.51. The Kier molecular flexibility index (Phi) is 4.58. The molecule has 0 spiro atoms. The van der Waals surface area contributed by atoms with Crippen molar-refractivity contribution in [3.05, 3.63) is 34.1 Å². The predicted molar refractivity (Wildman–Crippen MR) is 76.4 cm³/mol. The highest BCUT2D eigenvalue weighted by atomic mass is 79.9. The summed E-state index contributed by atoms with van der Waals surface area (Å²) in [7, 11) is 0. The van der Waals surface area contributed by atoms with E-state index in [9.17, 15) is 9.18 Å². The van der Waals surface area contributed by atoms with Crippen molar-refractivity contribution in [3.8, 4) is 0 Å². The van der Waals surface area contributed by atoms with Gasteiger partial charge in [-0.15, -0.1) is 0 Å². The lowest BCUT2D eigenvalue weighted by Gasteiger charge is -2.38. The number of rotatable bonds is 2. The molecule has 1 saturated heterocycles. The maximum Gasteiger partial charge on any atom is 0.255 e. The average molecular weight is 329 g/mol. The van der Waals surface area contributed by atoms with E-state index in [1.165, 1.54) is 12.1 Å². The summed E-state index contributed by atoms with van der Waals surface area (Å²) < 4.78 is 13.9. The lowest BCUT2D eigenvalue weighted by molar-refractivity contribution is 0.0582. The Hall–Kier alpha value is -0.940. The zero-order chi connectivity index (χ0) is 14.0. The van der Waals surface area contributed by atoms with Crippen molar-refractivity contribution >= 4 is 21.8 Å². The summed E-state index contributed by atoms with van der Waals surface area (Å²) in [6.07, 6.45) is 2.97. The Morgan fingerprint density at radius 2 is 2.26 bits per heavy atom. The summed E-state index contributed by atoms with van der Waals surface area (Å²) in [5, 5.41) is 0. The van der Waals surface area contributed by atoms with E-state index >= 15 is 0 Å². The van der Waals surface area contributed by atoms with Crippen LogP contribution in [-0.4, -0.2) is 29.4 Å². The van der Waals surface area contributed by atoms with Crippen molar-refractivity contribution in [2.75, 3.05) is 6.54 Å². The Morgan fingerprint density at radius 3 is 2.95 bits per heavy atom. The molecule has 104 valence electrons. The van der Waals surface area contributed by atoms with Gasteiger partial charge in [-0.1, -0.05) is 0 Å². The van der Waals surface area contributed by atoms with Gasteiger partial charge in [0, 0.05) is 23.1 Å². The number of hydrogen-bond donors (Lipinski definition) is 1. The van der Waals surface area contributed by atoms with E-state index in [4.69, 9.17) is 5.73 Å². The third-order valence-electron chi connectivity index (χ3n) is 3.58. The van der Waals surface area contributed by atoms with E-state index in [0.717, 1.165) is 19.3 Å². The lowest BCUT2D eigenvalue weighted by atomic mass is 9.96. The largest absolute Gasteiger partial charge is 0.334 e. The topological polar surface area (TPSA) is 46.3 Å². The van der Waals surface area contributed by atoms with Gasteiger partial charge in [0.2, 0.25) is 0 Å². The number of piperidine rings is 1. The van der Waals surface area contributed by atoms with E-state index in [0.29, 0.717) is 16.6 Å². The van der Waals surface area contributed by atoms with Gasteiger partial charge in [-0.25, -0.2) is 4.39 Å². The molecule has 0 aliphatic carbocycles. The molecule has 0 bridgehead atoms. The Labute approximate surface area is 121 Å². The van der Waals surface area contributed by atoms with Crippen LogP contribution in [0.3, 0.4) is 0 Å². The van der Waals surface area contributed by atoms with Crippen LogP contribution in [0.25, 0.3) is 0 Å². The molecule has 2 N–H and O–H groups in total. The van der Waals surface area contributed by atoms with Gasteiger partial charge >= 0.3 is 0 Å². The van der Waals surface area contributed by atoms with Crippen LogP contribution >= 0.6 is 15.9 Å². The van der Waals surface area contributed by atoms with Crippen LogP contribution in [0.15, 0.2) is 22.7 Å². The maximum absolute atomic E-state index is 13.3. The molecular weight excluding hydrogens is 311 g/mol. The van der Waals surface area contributed by atoms with Gasteiger partial charge in [0.15, 0.2) is 0 Å². The van der Waals surface area contributed by atoms with Crippen LogP contribution in [-0.2, 0) is 0 Å². The zero-order valence-electron chi connectivity index (χ0n) is 10.9. The molecule has 1 aliphatic rings. The van der Waals surface area contributed by atoms with Crippen molar-refractivity contribution in [1.82, 2.24) is 4.90 Å². The van der Waals surface area contributed by atoms with Crippen molar-refractivity contribution < 1.29 is 9.18 Å².